The van der Waals surface area contributed by atoms with Crippen molar-refractivity contribution in [1.29, 1.82) is 0 Å². The van der Waals surface area contributed by atoms with Crippen LogP contribution in [0, 0.1) is 0 Å². The zero-order valence-electron chi connectivity index (χ0n) is 10.1. The van der Waals surface area contributed by atoms with Crippen LogP contribution < -0.4 is 5.32 Å². The van der Waals surface area contributed by atoms with Gasteiger partial charge in [-0.15, -0.1) is 0 Å². The summed E-state index contributed by atoms with van der Waals surface area (Å²) in [5, 5.41) is 8.13. The number of thiophene rings is 1. The van der Waals surface area contributed by atoms with Crippen LogP contribution in [0.25, 0.3) is 0 Å². The molecule has 2 nitrogen and oxygen atoms in total. The molecule has 0 radical (unpaired) electrons. The van der Waals surface area contributed by atoms with Crippen LogP contribution in [-0.2, 0) is 6.54 Å². The van der Waals surface area contributed by atoms with Gasteiger partial charge in [-0.2, -0.15) is 23.1 Å². The Kier molecular flexibility index (Phi) is 4.06. The van der Waals surface area contributed by atoms with Gasteiger partial charge in [0.05, 0.1) is 0 Å². The minimum absolute atomic E-state index is 0.702. The quantitative estimate of drug-likeness (QED) is 0.883. The molecule has 1 aliphatic heterocycles. The van der Waals surface area contributed by atoms with E-state index in [4.69, 9.17) is 0 Å². The SMILES string of the molecule is c1cc(CN(CC2CSCCN2)C2CC2)cs1. The van der Waals surface area contributed by atoms with Gasteiger partial charge in [-0.25, -0.2) is 0 Å². The van der Waals surface area contributed by atoms with Crippen molar-refractivity contribution in [3.63, 3.8) is 0 Å². The van der Waals surface area contributed by atoms with Gasteiger partial charge in [0.1, 0.15) is 0 Å². The van der Waals surface area contributed by atoms with Crippen LogP contribution >= 0.6 is 23.1 Å². The third-order valence-corrected chi connectivity index (χ3v) is 5.35. The molecule has 17 heavy (non-hydrogen) atoms. The molecule has 2 heterocycles. The number of nitrogens with one attached hydrogen (secondary N) is 1. The van der Waals surface area contributed by atoms with E-state index >= 15 is 0 Å². The molecular weight excluding hydrogens is 248 g/mol. The Morgan fingerprint density at radius 1 is 1.41 bits per heavy atom. The zero-order valence-corrected chi connectivity index (χ0v) is 11.7. The molecule has 2 fully saturated rings. The van der Waals surface area contributed by atoms with Gasteiger partial charge >= 0.3 is 0 Å². The Balaban J connectivity index is 1.56. The monoisotopic (exact) mass is 268 g/mol. The number of thioether (sulfide) groups is 1. The van der Waals surface area contributed by atoms with Crippen molar-refractivity contribution in [2.45, 2.75) is 31.5 Å². The van der Waals surface area contributed by atoms with E-state index in [2.05, 4.69) is 38.8 Å². The molecule has 1 aromatic heterocycles. The maximum atomic E-state index is 3.65. The molecule has 1 saturated heterocycles. The lowest BCUT2D eigenvalue weighted by molar-refractivity contribution is 0.231. The van der Waals surface area contributed by atoms with Gasteiger partial charge in [-0.05, 0) is 35.2 Å². The molecule has 1 atom stereocenters. The fourth-order valence-electron chi connectivity index (χ4n) is 2.42. The molecule has 3 rings (SSSR count). The summed E-state index contributed by atoms with van der Waals surface area (Å²) in [6.07, 6.45) is 2.81. The summed E-state index contributed by atoms with van der Waals surface area (Å²) in [6.45, 7) is 3.57. The van der Waals surface area contributed by atoms with Gasteiger partial charge in [0.2, 0.25) is 0 Å². The van der Waals surface area contributed by atoms with Gasteiger partial charge in [0.25, 0.3) is 0 Å². The molecular formula is C13H20N2S2. The van der Waals surface area contributed by atoms with Crippen molar-refractivity contribution < 1.29 is 0 Å². The normalized spacial score (nSPS) is 25.4. The van der Waals surface area contributed by atoms with E-state index in [1.807, 2.05) is 11.3 Å². The zero-order chi connectivity index (χ0) is 11.5. The highest BCUT2D eigenvalue weighted by atomic mass is 32.2. The molecule has 4 heteroatoms. The van der Waals surface area contributed by atoms with Gasteiger partial charge in [-0.3, -0.25) is 4.90 Å². The predicted octanol–water partition coefficient (Wildman–Crippen LogP) is 2.42. The molecule has 1 aromatic rings. The molecule has 1 saturated carbocycles. The number of rotatable bonds is 5. The van der Waals surface area contributed by atoms with Crippen LogP contribution in [0.2, 0.25) is 0 Å². The minimum Gasteiger partial charge on any atom is -0.311 e. The third-order valence-electron chi connectivity index (χ3n) is 3.48. The first-order valence-electron chi connectivity index (χ1n) is 6.48. The van der Waals surface area contributed by atoms with E-state index in [1.165, 1.54) is 43.0 Å². The molecule has 2 aliphatic rings. The van der Waals surface area contributed by atoms with Crippen LogP contribution in [0.4, 0.5) is 0 Å². The molecule has 1 unspecified atom stereocenters. The summed E-state index contributed by atoms with van der Waals surface area (Å²) in [7, 11) is 0. The lowest BCUT2D eigenvalue weighted by Gasteiger charge is -2.30. The van der Waals surface area contributed by atoms with Crippen molar-refractivity contribution in [3.05, 3.63) is 22.4 Å². The summed E-state index contributed by atoms with van der Waals surface area (Å²) in [5.41, 5.74) is 1.49. The Labute approximate surface area is 112 Å². The van der Waals surface area contributed by atoms with Crippen molar-refractivity contribution in [2.75, 3.05) is 24.6 Å². The highest BCUT2D eigenvalue weighted by Gasteiger charge is 2.30. The summed E-state index contributed by atoms with van der Waals surface area (Å²) < 4.78 is 0. The number of hydrogen-bond donors (Lipinski definition) is 1. The molecule has 0 spiro atoms. The highest BCUT2D eigenvalue weighted by Crippen LogP contribution is 2.29. The van der Waals surface area contributed by atoms with Gasteiger partial charge in [-0.1, -0.05) is 0 Å². The predicted molar refractivity (Wildman–Crippen MR) is 76.9 cm³/mol. The van der Waals surface area contributed by atoms with Gasteiger partial charge in [0.15, 0.2) is 0 Å². The third kappa shape index (κ3) is 3.47. The van der Waals surface area contributed by atoms with E-state index in [0.29, 0.717) is 6.04 Å². The summed E-state index contributed by atoms with van der Waals surface area (Å²) in [4.78, 5) is 2.69. The van der Waals surface area contributed by atoms with Crippen molar-refractivity contribution >= 4 is 23.1 Å². The lowest BCUT2D eigenvalue weighted by Crippen LogP contribution is -2.46. The van der Waals surface area contributed by atoms with E-state index < -0.39 is 0 Å². The second-order valence-corrected chi connectivity index (χ2v) is 6.95. The fourth-order valence-corrected chi connectivity index (χ4v) is 4.02. The van der Waals surface area contributed by atoms with Crippen LogP contribution in [0.3, 0.4) is 0 Å². The Hall–Kier alpha value is -0.0300. The smallest absolute Gasteiger partial charge is 0.0286 e. The van der Waals surface area contributed by atoms with Gasteiger partial charge < -0.3 is 5.32 Å². The standard InChI is InChI=1S/C13H20N2S2/c1-2-13(1)15(7-11-3-5-16-9-11)8-12-10-17-6-4-14-12/h3,5,9,12-14H,1-2,4,6-8,10H2. The first kappa shape index (κ1) is 12.0. The molecule has 0 bridgehead atoms. The molecule has 94 valence electrons. The summed E-state index contributed by atoms with van der Waals surface area (Å²) >= 11 is 3.91. The number of hydrogen-bond acceptors (Lipinski definition) is 4. The average Bonchev–Trinajstić information content (AvgIpc) is 3.09. The first-order valence-corrected chi connectivity index (χ1v) is 8.58. The Bertz CT molecular complexity index is 329. The van der Waals surface area contributed by atoms with E-state index in [1.54, 1.807) is 0 Å². The van der Waals surface area contributed by atoms with E-state index in [-0.39, 0.29) is 0 Å². The van der Waals surface area contributed by atoms with Crippen molar-refractivity contribution in [1.82, 2.24) is 10.2 Å². The van der Waals surface area contributed by atoms with Crippen LogP contribution in [0.1, 0.15) is 18.4 Å². The van der Waals surface area contributed by atoms with E-state index in [0.717, 1.165) is 12.6 Å². The minimum atomic E-state index is 0.702. The topological polar surface area (TPSA) is 15.3 Å². The maximum absolute atomic E-state index is 3.65. The summed E-state index contributed by atoms with van der Waals surface area (Å²) in [5.74, 6) is 2.57. The number of nitrogens with zero attached hydrogens (tertiary/aromatic N) is 1. The maximum Gasteiger partial charge on any atom is 0.0286 e. The van der Waals surface area contributed by atoms with Crippen molar-refractivity contribution in [3.8, 4) is 0 Å². The Morgan fingerprint density at radius 3 is 3.00 bits per heavy atom. The summed E-state index contributed by atoms with van der Waals surface area (Å²) in [6, 6.07) is 3.83. The second-order valence-electron chi connectivity index (χ2n) is 5.02. The largest absolute Gasteiger partial charge is 0.311 e. The van der Waals surface area contributed by atoms with E-state index in [9.17, 15) is 0 Å². The van der Waals surface area contributed by atoms with Crippen LogP contribution in [0.5, 0.6) is 0 Å². The van der Waals surface area contributed by atoms with Crippen LogP contribution in [-0.4, -0.2) is 41.6 Å². The highest BCUT2D eigenvalue weighted by molar-refractivity contribution is 7.99. The average molecular weight is 268 g/mol. The Morgan fingerprint density at radius 2 is 2.35 bits per heavy atom. The molecule has 0 amide bonds. The first-order chi connectivity index (χ1) is 8.42. The van der Waals surface area contributed by atoms with Crippen molar-refractivity contribution in [2.24, 2.45) is 0 Å². The van der Waals surface area contributed by atoms with Gasteiger partial charge in [0, 0.05) is 43.2 Å². The van der Waals surface area contributed by atoms with Crippen LogP contribution in [0.15, 0.2) is 16.8 Å². The molecule has 0 aromatic carbocycles. The molecule has 1 N–H and O–H groups in total. The lowest BCUT2D eigenvalue weighted by atomic mass is 10.2. The molecule has 1 aliphatic carbocycles. The second kappa shape index (κ2) is 5.74. The fraction of sp³-hybridized carbons (Fsp3) is 0.692.